The standard InChI is InChI=1S/C21H30ClN5O/c1-14-15(2)28-19(26-14)13-25-21(23-3)24-12-17-8-6-10-27(4)20(17)16-7-5-9-18(22)11-16/h5,7,9,11,17,20H,6,8,10,12-13H2,1-4H3,(H2,23,24,25). The number of likely N-dealkylation sites (tertiary alicyclic amines) is 1. The summed E-state index contributed by atoms with van der Waals surface area (Å²) in [7, 11) is 3.97. The quantitative estimate of drug-likeness (QED) is 0.588. The Morgan fingerprint density at radius 2 is 2.18 bits per heavy atom. The number of aryl methyl sites for hydroxylation is 2. The van der Waals surface area contributed by atoms with Gasteiger partial charge in [-0.25, -0.2) is 4.98 Å². The van der Waals surface area contributed by atoms with E-state index in [2.05, 4.69) is 44.7 Å². The van der Waals surface area contributed by atoms with Crippen LogP contribution in [0.25, 0.3) is 0 Å². The van der Waals surface area contributed by atoms with Crippen molar-refractivity contribution < 1.29 is 4.42 Å². The van der Waals surface area contributed by atoms with Crippen molar-refractivity contribution in [3.8, 4) is 0 Å². The van der Waals surface area contributed by atoms with Crippen LogP contribution in [-0.4, -0.2) is 43.0 Å². The Morgan fingerprint density at radius 1 is 1.36 bits per heavy atom. The summed E-state index contributed by atoms with van der Waals surface area (Å²) in [6.45, 7) is 6.32. The molecule has 0 radical (unpaired) electrons. The van der Waals surface area contributed by atoms with E-state index in [4.69, 9.17) is 16.0 Å². The zero-order chi connectivity index (χ0) is 20.1. The number of nitrogens with one attached hydrogen (secondary N) is 2. The van der Waals surface area contributed by atoms with Crippen LogP contribution in [0.15, 0.2) is 33.7 Å². The van der Waals surface area contributed by atoms with E-state index in [0.29, 0.717) is 24.4 Å². The molecule has 1 aromatic heterocycles. The number of rotatable bonds is 5. The molecule has 0 bridgehead atoms. The fourth-order valence-corrected chi connectivity index (χ4v) is 4.11. The lowest BCUT2D eigenvalue weighted by molar-refractivity contribution is 0.122. The molecule has 2 aromatic rings. The van der Waals surface area contributed by atoms with Crippen LogP contribution in [0.3, 0.4) is 0 Å². The van der Waals surface area contributed by atoms with E-state index < -0.39 is 0 Å². The van der Waals surface area contributed by atoms with Gasteiger partial charge in [0.25, 0.3) is 0 Å². The third-order valence-corrected chi connectivity index (χ3v) is 5.67. The number of hydrogen-bond donors (Lipinski definition) is 2. The highest BCUT2D eigenvalue weighted by atomic mass is 35.5. The highest BCUT2D eigenvalue weighted by molar-refractivity contribution is 6.30. The summed E-state index contributed by atoms with van der Waals surface area (Å²) < 4.78 is 5.63. The molecule has 0 saturated carbocycles. The SMILES string of the molecule is CN=C(NCc1nc(C)c(C)o1)NCC1CCCN(C)C1c1cccc(Cl)c1. The van der Waals surface area contributed by atoms with Gasteiger partial charge in [0.05, 0.1) is 12.2 Å². The first-order chi connectivity index (χ1) is 13.5. The lowest BCUT2D eigenvalue weighted by Gasteiger charge is -2.40. The predicted octanol–water partition coefficient (Wildman–Crippen LogP) is 3.69. The minimum Gasteiger partial charge on any atom is -0.444 e. The molecule has 1 aliphatic heterocycles. The van der Waals surface area contributed by atoms with Crippen molar-refractivity contribution >= 4 is 17.6 Å². The summed E-state index contributed by atoms with van der Waals surface area (Å²) in [6.07, 6.45) is 2.37. The summed E-state index contributed by atoms with van der Waals surface area (Å²) in [5.74, 6) is 2.76. The third-order valence-electron chi connectivity index (χ3n) is 5.43. The van der Waals surface area contributed by atoms with Gasteiger partial charge in [-0.1, -0.05) is 23.7 Å². The van der Waals surface area contributed by atoms with Gasteiger partial charge in [0, 0.05) is 24.7 Å². The van der Waals surface area contributed by atoms with Crippen LogP contribution in [-0.2, 0) is 6.54 Å². The molecular formula is C21H30ClN5O. The number of aliphatic imine (C=N–C) groups is 1. The molecule has 7 heteroatoms. The van der Waals surface area contributed by atoms with Crippen LogP contribution in [0.5, 0.6) is 0 Å². The number of guanidine groups is 1. The maximum absolute atomic E-state index is 6.24. The topological polar surface area (TPSA) is 65.7 Å². The van der Waals surface area contributed by atoms with Crippen LogP contribution in [0.1, 0.15) is 41.8 Å². The second kappa shape index (κ2) is 9.43. The molecule has 152 valence electrons. The van der Waals surface area contributed by atoms with Crippen molar-refractivity contribution in [1.29, 1.82) is 0 Å². The van der Waals surface area contributed by atoms with Gasteiger partial charge in [-0.05, 0) is 63.9 Å². The van der Waals surface area contributed by atoms with Crippen LogP contribution in [0.2, 0.25) is 5.02 Å². The van der Waals surface area contributed by atoms with Gasteiger partial charge in [-0.15, -0.1) is 0 Å². The molecule has 1 fully saturated rings. The minimum absolute atomic E-state index is 0.343. The van der Waals surface area contributed by atoms with Crippen LogP contribution in [0, 0.1) is 19.8 Å². The smallest absolute Gasteiger partial charge is 0.214 e. The normalized spacial score (nSPS) is 21.0. The Balaban J connectivity index is 1.61. The van der Waals surface area contributed by atoms with Crippen molar-refractivity contribution in [2.45, 2.75) is 39.3 Å². The Kier molecular flexibility index (Phi) is 6.97. The van der Waals surface area contributed by atoms with Crippen molar-refractivity contribution in [2.24, 2.45) is 10.9 Å². The summed E-state index contributed by atoms with van der Waals surface area (Å²) >= 11 is 6.24. The maximum Gasteiger partial charge on any atom is 0.214 e. The number of halogens is 1. The number of aromatic nitrogens is 1. The fourth-order valence-electron chi connectivity index (χ4n) is 3.91. The predicted molar refractivity (Wildman–Crippen MR) is 114 cm³/mol. The Bertz CT molecular complexity index is 799. The molecule has 2 atom stereocenters. The summed E-state index contributed by atoms with van der Waals surface area (Å²) in [5.41, 5.74) is 2.20. The van der Waals surface area contributed by atoms with Crippen molar-refractivity contribution in [1.82, 2.24) is 20.5 Å². The lowest BCUT2D eigenvalue weighted by Crippen LogP contribution is -2.44. The molecule has 0 spiro atoms. The second-order valence-corrected chi connectivity index (χ2v) is 7.88. The number of oxazole rings is 1. The number of hydrogen-bond acceptors (Lipinski definition) is 4. The summed E-state index contributed by atoms with van der Waals surface area (Å²) in [4.78, 5) is 11.2. The first-order valence-corrected chi connectivity index (χ1v) is 10.2. The van der Waals surface area contributed by atoms with Gasteiger partial charge < -0.3 is 15.1 Å². The first-order valence-electron chi connectivity index (χ1n) is 9.81. The molecular weight excluding hydrogens is 374 g/mol. The molecule has 2 N–H and O–H groups in total. The molecule has 1 aromatic carbocycles. The minimum atomic E-state index is 0.343. The van der Waals surface area contributed by atoms with Gasteiger partial charge in [-0.2, -0.15) is 0 Å². The lowest BCUT2D eigenvalue weighted by atomic mass is 9.85. The molecule has 0 aliphatic carbocycles. The summed E-state index contributed by atoms with van der Waals surface area (Å²) in [6, 6.07) is 8.56. The summed E-state index contributed by atoms with van der Waals surface area (Å²) in [5, 5.41) is 7.55. The van der Waals surface area contributed by atoms with E-state index in [9.17, 15) is 0 Å². The fraction of sp³-hybridized carbons (Fsp3) is 0.524. The third kappa shape index (κ3) is 5.06. The average molecular weight is 404 g/mol. The molecule has 6 nitrogen and oxygen atoms in total. The van der Waals surface area contributed by atoms with Gasteiger partial charge in [-0.3, -0.25) is 9.89 Å². The van der Waals surface area contributed by atoms with Gasteiger partial charge in [0.2, 0.25) is 5.89 Å². The second-order valence-electron chi connectivity index (χ2n) is 7.44. The maximum atomic E-state index is 6.24. The van der Waals surface area contributed by atoms with E-state index in [1.54, 1.807) is 7.05 Å². The molecule has 0 amide bonds. The van der Waals surface area contributed by atoms with Crippen molar-refractivity contribution in [3.63, 3.8) is 0 Å². The molecule has 2 unspecified atom stereocenters. The van der Waals surface area contributed by atoms with Gasteiger partial charge in [0.1, 0.15) is 5.76 Å². The van der Waals surface area contributed by atoms with Crippen LogP contribution < -0.4 is 10.6 Å². The molecule has 1 aliphatic rings. The van der Waals surface area contributed by atoms with Crippen LogP contribution >= 0.6 is 11.6 Å². The van der Waals surface area contributed by atoms with E-state index in [-0.39, 0.29) is 0 Å². The Morgan fingerprint density at radius 3 is 2.86 bits per heavy atom. The van der Waals surface area contributed by atoms with E-state index >= 15 is 0 Å². The number of piperidine rings is 1. The zero-order valence-electron chi connectivity index (χ0n) is 17.1. The van der Waals surface area contributed by atoms with Crippen LogP contribution in [0.4, 0.5) is 0 Å². The largest absolute Gasteiger partial charge is 0.444 e. The van der Waals surface area contributed by atoms with Crippen molar-refractivity contribution in [2.75, 3.05) is 27.2 Å². The Hall–Kier alpha value is -2.05. The average Bonchev–Trinajstić information content (AvgIpc) is 2.99. The van der Waals surface area contributed by atoms with Gasteiger partial charge in [0.15, 0.2) is 5.96 Å². The van der Waals surface area contributed by atoms with Crippen molar-refractivity contribution in [3.05, 3.63) is 52.2 Å². The van der Waals surface area contributed by atoms with E-state index in [1.165, 1.54) is 18.4 Å². The number of benzene rings is 1. The van der Waals surface area contributed by atoms with E-state index in [1.807, 2.05) is 26.0 Å². The van der Waals surface area contributed by atoms with Gasteiger partial charge >= 0.3 is 0 Å². The molecule has 3 rings (SSSR count). The monoisotopic (exact) mass is 403 g/mol. The molecule has 2 heterocycles. The highest BCUT2D eigenvalue weighted by Gasteiger charge is 2.30. The Labute approximate surface area is 172 Å². The molecule has 1 saturated heterocycles. The highest BCUT2D eigenvalue weighted by Crippen LogP contribution is 2.35. The zero-order valence-corrected chi connectivity index (χ0v) is 17.9. The molecule has 28 heavy (non-hydrogen) atoms. The first kappa shape index (κ1) is 20.7. The number of nitrogens with zero attached hydrogens (tertiary/aromatic N) is 3. The van der Waals surface area contributed by atoms with E-state index in [0.717, 1.165) is 35.5 Å².